The fourth-order valence-electron chi connectivity index (χ4n) is 3.56. The van der Waals surface area contributed by atoms with Gasteiger partial charge in [0.2, 0.25) is 11.8 Å². The van der Waals surface area contributed by atoms with E-state index in [4.69, 9.17) is 29.8 Å². The third-order valence-electron chi connectivity index (χ3n) is 4.78. The van der Waals surface area contributed by atoms with Gasteiger partial charge in [0, 0.05) is 16.3 Å². The van der Waals surface area contributed by atoms with E-state index in [2.05, 4.69) is 0 Å². The average Bonchev–Trinajstić information content (AvgIpc) is 3.22. The summed E-state index contributed by atoms with van der Waals surface area (Å²) in [6.07, 6.45) is 0. The van der Waals surface area contributed by atoms with Crippen molar-refractivity contribution >= 4 is 45.6 Å². The number of esters is 2. The molecule has 0 atom stereocenters. The van der Waals surface area contributed by atoms with Gasteiger partial charge in [-0.1, -0.05) is 12.1 Å². The van der Waals surface area contributed by atoms with Gasteiger partial charge in [0.05, 0.1) is 13.2 Å². The van der Waals surface area contributed by atoms with Gasteiger partial charge >= 0.3 is 11.9 Å². The highest BCUT2D eigenvalue weighted by atomic mass is 19.1. The van der Waals surface area contributed by atoms with Crippen molar-refractivity contribution in [1.29, 1.82) is 0 Å². The fourth-order valence-corrected chi connectivity index (χ4v) is 3.56. The summed E-state index contributed by atoms with van der Waals surface area (Å²) in [6, 6.07) is 7.02. The quantitative estimate of drug-likeness (QED) is 0.446. The minimum absolute atomic E-state index is 0.00531. The summed E-state index contributed by atoms with van der Waals surface area (Å²) < 4.78 is 35.2. The molecule has 2 aromatic carbocycles. The van der Waals surface area contributed by atoms with Crippen LogP contribution in [-0.2, 0) is 9.47 Å². The van der Waals surface area contributed by atoms with Gasteiger partial charge in [0.1, 0.15) is 28.1 Å². The molecule has 160 valence electrons. The second-order valence-electron chi connectivity index (χ2n) is 6.63. The lowest BCUT2D eigenvalue weighted by Crippen LogP contribution is -2.07. The second kappa shape index (κ2) is 7.67. The summed E-state index contributed by atoms with van der Waals surface area (Å²) in [5.74, 6) is -2.12. The largest absolute Gasteiger partial charge is 0.462 e. The number of hydrogen-bond donors (Lipinski definition) is 2. The number of carbonyl (C=O) groups is 2. The molecule has 2 aromatic heterocycles. The first kappa shape index (κ1) is 20.3. The van der Waals surface area contributed by atoms with E-state index in [1.54, 1.807) is 13.8 Å². The van der Waals surface area contributed by atoms with Crippen LogP contribution < -0.4 is 11.5 Å². The zero-order valence-electron chi connectivity index (χ0n) is 16.8. The maximum atomic E-state index is 13.6. The second-order valence-corrected chi connectivity index (χ2v) is 6.63. The van der Waals surface area contributed by atoms with Crippen LogP contribution in [0, 0.1) is 5.82 Å². The number of nitrogen functional groups attached to an aromatic ring is 2. The third kappa shape index (κ3) is 3.24. The van der Waals surface area contributed by atoms with Crippen molar-refractivity contribution in [3.63, 3.8) is 0 Å². The van der Waals surface area contributed by atoms with Gasteiger partial charge in [0.15, 0.2) is 0 Å². The van der Waals surface area contributed by atoms with E-state index in [1.807, 2.05) is 0 Å². The molecule has 0 unspecified atom stereocenters. The number of hydrogen-bond acceptors (Lipinski definition) is 8. The van der Waals surface area contributed by atoms with E-state index < -0.39 is 17.8 Å². The summed E-state index contributed by atoms with van der Waals surface area (Å²) >= 11 is 0. The average molecular weight is 426 g/mol. The Hall–Kier alpha value is -4.01. The number of nitrogens with two attached hydrogens (primary N) is 2. The van der Waals surface area contributed by atoms with Crippen molar-refractivity contribution < 1.29 is 32.3 Å². The van der Waals surface area contributed by atoms with Crippen LogP contribution >= 0.6 is 0 Å². The molecule has 0 saturated carbocycles. The Morgan fingerprint density at radius 2 is 1.52 bits per heavy atom. The standard InChI is InChI=1S/C22H19FN2O6/c1-3-28-21(26)15-12-9-13-16(17(20(25)30-13)22(27)29-4-2)14(18(12)31-19(15)24)10-5-7-11(23)8-6-10/h5-9H,3-4,24-25H2,1-2H3. The van der Waals surface area contributed by atoms with Gasteiger partial charge in [-0.3, -0.25) is 0 Å². The summed E-state index contributed by atoms with van der Waals surface area (Å²) in [5.41, 5.74) is 13.3. The maximum Gasteiger partial charge on any atom is 0.344 e. The highest BCUT2D eigenvalue weighted by Gasteiger charge is 2.30. The SMILES string of the molecule is CCOC(=O)c1c(N)oc2c(-c3ccc(F)cc3)c3c(C(=O)OCC)c(N)oc3cc12. The molecule has 9 heteroatoms. The highest BCUT2D eigenvalue weighted by Crippen LogP contribution is 2.44. The van der Waals surface area contributed by atoms with Crippen LogP contribution in [0.4, 0.5) is 16.2 Å². The Kier molecular flexibility index (Phi) is 5.02. The van der Waals surface area contributed by atoms with E-state index >= 15 is 0 Å². The van der Waals surface area contributed by atoms with Crippen LogP contribution in [0.1, 0.15) is 34.6 Å². The summed E-state index contributed by atoms with van der Waals surface area (Å²) in [6.45, 7) is 3.59. The molecule has 0 spiro atoms. The van der Waals surface area contributed by atoms with Crippen LogP contribution in [-0.4, -0.2) is 25.2 Å². The van der Waals surface area contributed by atoms with Crippen molar-refractivity contribution in [1.82, 2.24) is 0 Å². The molecular weight excluding hydrogens is 407 g/mol. The molecule has 4 aromatic rings. The Balaban J connectivity index is 2.15. The number of rotatable bonds is 5. The fraction of sp³-hybridized carbons (Fsp3) is 0.182. The smallest absolute Gasteiger partial charge is 0.344 e. The number of fused-ring (bicyclic) bond motifs is 2. The van der Waals surface area contributed by atoms with Crippen LogP contribution in [0.3, 0.4) is 0 Å². The lowest BCUT2D eigenvalue weighted by Gasteiger charge is -2.07. The first-order valence-corrected chi connectivity index (χ1v) is 9.54. The molecular formula is C22H19FN2O6. The van der Waals surface area contributed by atoms with Gasteiger partial charge in [0.25, 0.3) is 0 Å². The molecule has 31 heavy (non-hydrogen) atoms. The number of halogens is 1. The van der Waals surface area contributed by atoms with Gasteiger partial charge in [-0.05, 0) is 37.6 Å². The minimum atomic E-state index is -0.688. The number of anilines is 2. The van der Waals surface area contributed by atoms with E-state index in [0.29, 0.717) is 21.9 Å². The molecule has 2 heterocycles. The Morgan fingerprint density at radius 1 is 0.935 bits per heavy atom. The molecule has 8 nitrogen and oxygen atoms in total. The van der Waals surface area contributed by atoms with Gasteiger partial charge in [-0.25, -0.2) is 14.0 Å². The Labute approximate surface area is 175 Å². The number of ether oxygens (including phenoxy) is 2. The predicted molar refractivity (Wildman–Crippen MR) is 112 cm³/mol. The lowest BCUT2D eigenvalue weighted by molar-refractivity contribution is 0.0519. The lowest BCUT2D eigenvalue weighted by atomic mass is 9.95. The molecule has 4 N–H and O–H groups in total. The highest BCUT2D eigenvalue weighted by molar-refractivity contribution is 6.22. The molecule has 0 saturated heterocycles. The zero-order chi connectivity index (χ0) is 22.3. The first-order valence-electron chi connectivity index (χ1n) is 9.54. The van der Waals surface area contributed by atoms with Gasteiger partial charge in [-0.2, -0.15) is 0 Å². The molecule has 0 aliphatic carbocycles. The molecule has 0 aliphatic heterocycles. The van der Waals surface area contributed by atoms with Crippen molar-refractivity contribution in [3.05, 3.63) is 47.3 Å². The number of benzene rings is 2. The minimum Gasteiger partial charge on any atom is -0.462 e. The summed E-state index contributed by atoms with van der Waals surface area (Å²) in [7, 11) is 0. The molecule has 0 bridgehead atoms. The first-order chi connectivity index (χ1) is 14.9. The zero-order valence-corrected chi connectivity index (χ0v) is 16.8. The van der Waals surface area contributed by atoms with E-state index in [1.165, 1.54) is 30.3 Å². The van der Waals surface area contributed by atoms with Crippen molar-refractivity contribution in [2.75, 3.05) is 24.7 Å². The molecule has 0 aliphatic rings. The van der Waals surface area contributed by atoms with Crippen LogP contribution in [0.5, 0.6) is 0 Å². The third-order valence-corrected chi connectivity index (χ3v) is 4.78. The van der Waals surface area contributed by atoms with Crippen LogP contribution in [0.25, 0.3) is 33.1 Å². The Bertz CT molecular complexity index is 1320. The topological polar surface area (TPSA) is 131 Å². The molecule has 0 amide bonds. The molecule has 0 fully saturated rings. The van der Waals surface area contributed by atoms with Crippen LogP contribution in [0.15, 0.2) is 39.2 Å². The normalized spacial score (nSPS) is 11.2. The maximum absolute atomic E-state index is 13.6. The van der Waals surface area contributed by atoms with Gasteiger partial charge in [-0.15, -0.1) is 0 Å². The summed E-state index contributed by atoms with van der Waals surface area (Å²) in [5, 5.41) is 0.617. The Morgan fingerprint density at radius 3 is 2.13 bits per heavy atom. The van der Waals surface area contributed by atoms with E-state index in [9.17, 15) is 14.0 Å². The monoisotopic (exact) mass is 426 g/mol. The van der Waals surface area contributed by atoms with E-state index in [0.717, 1.165) is 0 Å². The van der Waals surface area contributed by atoms with Crippen molar-refractivity contribution in [2.24, 2.45) is 0 Å². The summed E-state index contributed by atoms with van der Waals surface area (Å²) in [4.78, 5) is 25.1. The van der Waals surface area contributed by atoms with Crippen LogP contribution in [0.2, 0.25) is 0 Å². The number of furan rings is 2. The van der Waals surface area contributed by atoms with Crippen molar-refractivity contribution in [3.8, 4) is 11.1 Å². The molecule has 4 rings (SSSR count). The van der Waals surface area contributed by atoms with E-state index in [-0.39, 0.29) is 47.3 Å². The van der Waals surface area contributed by atoms with Crippen molar-refractivity contribution in [2.45, 2.75) is 13.8 Å². The number of carbonyl (C=O) groups excluding carboxylic acids is 2. The molecule has 0 radical (unpaired) electrons. The predicted octanol–water partition coefficient (Wildman–Crippen LogP) is 4.50. The van der Waals surface area contributed by atoms with Gasteiger partial charge < -0.3 is 29.8 Å².